The van der Waals surface area contributed by atoms with Crippen LogP contribution in [0.5, 0.6) is 0 Å². The Morgan fingerprint density at radius 3 is 2.61 bits per heavy atom. The Bertz CT molecular complexity index is 1130. The van der Waals surface area contributed by atoms with E-state index in [9.17, 15) is 4.79 Å². The number of thiophene rings is 1. The third kappa shape index (κ3) is 5.20. The van der Waals surface area contributed by atoms with E-state index in [-0.39, 0.29) is 5.91 Å². The lowest BCUT2D eigenvalue weighted by molar-refractivity contribution is -0.116. The van der Waals surface area contributed by atoms with Gasteiger partial charge in [0.15, 0.2) is 0 Å². The van der Waals surface area contributed by atoms with E-state index in [0.717, 1.165) is 53.8 Å². The fourth-order valence-electron chi connectivity index (χ4n) is 5.11. The van der Waals surface area contributed by atoms with E-state index < -0.39 is 0 Å². The van der Waals surface area contributed by atoms with Crippen LogP contribution in [-0.4, -0.2) is 53.0 Å². The van der Waals surface area contributed by atoms with Crippen molar-refractivity contribution in [2.45, 2.75) is 58.4 Å². The maximum absolute atomic E-state index is 12.4. The highest BCUT2D eigenvalue weighted by atomic mass is 32.1. The summed E-state index contributed by atoms with van der Waals surface area (Å²) in [5.74, 6) is 0.874. The molecule has 174 valence electrons. The summed E-state index contributed by atoms with van der Waals surface area (Å²) >= 11 is 1.72. The molecular formula is C26H33N5OS. The topological polar surface area (TPSA) is 61.4 Å². The highest BCUT2D eigenvalue weighted by Crippen LogP contribution is 2.27. The Morgan fingerprint density at radius 2 is 1.88 bits per heavy atom. The van der Waals surface area contributed by atoms with Crippen LogP contribution in [0.3, 0.4) is 0 Å². The number of amides is 1. The summed E-state index contributed by atoms with van der Waals surface area (Å²) in [7, 11) is 0. The van der Waals surface area contributed by atoms with Crippen molar-refractivity contribution >= 4 is 39.8 Å². The summed E-state index contributed by atoms with van der Waals surface area (Å²) < 4.78 is 0. The predicted octanol–water partition coefficient (Wildman–Crippen LogP) is 4.94. The number of nitrogens with one attached hydrogen (secondary N) is 1. The summed E-state index contributed by atoms with van der Waals surface area (Å²) in [6.07, 6.45) is 6.35. The van der Waals surface area contributed by atoms with Gasteiger partial charge in [-0.25, -0.2) is 9.97 Å². The number of anilines is 2. The first kappa shape index (κ1) is 22.3. The van der Waals surface area contributed by atoms with Gasteiger partial charge in [0, 0.05) is 41.5 Å². The number of carbonyl (C=O) groups is 1. The lowest BCUT2D eigenvalue weighted by atomic mass is 10.0. The molecule has 5 rings (SSSR count). The molecule has 0 spiro atoms. The van der Waals surface area contributed by atoms with Gasteiger partial charge >= 0.3 is 0 Å². The van der Waals surface area contributed by atoms with Gasteiger partial charge in [-0.05, 0) is 94.3 Å². The number of nitrogens with zero attached hydrogens (tertiary/aromatic N) is 4. The molecule has 7 heteroatoms. The van der Waals surface area contributed by atoms with Gasteiger partial charge in [0.1, 0.15) is 0 Å². The fourth-order valence-corrected chi connectivity index (χ4v) is 5.98. The minimum Gasteiger partial charge on any atom is -0.341 e. The molecule has 2 aromatic heterocycles. The highest BCUT2D eigenvalue weighted by Gasteiger charge is 2.27. The molecule has 6 nitrogen and oxygen atoms in total. The van der Waals surface area contributed by atoms with Crippen LogP contribution in [0.4, 0.5) is 11.6 Å². The normalized spacial score (nSPS) is 17.7. The van der Waals surface area contributed by atoms with Crippen molar-refractivity contribution in [1.82, 2.24) is 14.9 Å². The van der Waals surface area contributed by atoms with Crippen molar-refractivity contribution in [2.75, 3.05) is 36.4 Å². The van der Waals surface area contributed by atoms with E-state index in [4.69, 9.17) is 9.97 Å². The average molecular weight is 464 g/mol. The Hall–Kier alpha value is -2.51. The molecule has 0 saturated carbocycles. The maximum atomic E-state index is 12.4. The van der Waals surface area contributed by atoms with Gasteiger partial charge in [-0.15, -0.1) is 11.3 Å². The van der Waals surface area contributed by atoms with Gasteiger partial charge in [0.25, 0.3) is 0 Å². The van der Waals surface area contributed by atoms with Crippen molar-refractivity contribution in [1.29, 1.82) is 0 Å². The number of aromatic nitrogens is 2. The van der Waals surface area contributed by atoms with Gasteiger partial charge in [-0.2, -0.15) is 0 Å². The first-order chi connectivity index (χ1) is 16.0. The standard InChI is InChI=1S/C26H33N5OS/c1-18-15-22(33-17-18)6-8-25(32)28-20-5-7-24-23(16-20)19(2)27-26(29-24)31-13-9-21(10-14-31)30-11-3-4-12-30/h5,7,15-17,21H,3-4,6,8-14H2,1-2H3,(H,28,32). The molecule has 2 saturated heterocycles. The second-order valence-corrected chi connectivity index (χ2v) is 10.4. The predicted molar refractivity (Wildman–Crippen MR) is 136 cm³/mol. The monoisotopic (exact) mass is 463 g/mol. The van der Waals surface area contributed by atoms with Crippen LogP contribution in [0.2, 0.25) is 0 Å². The quantitative estimate of drug-likeness (QED) is 0.561. The van der Waals surface area contributed by atoms with Crippen molar-refractivity contribution in [3.05, 3.63) is 45.8 Å². The minimum absolute atomic E-state index is 0.0384. The zero-order chi connectivity index (χ0) is 22.8. The largest absolute Gasteiger partial charge is 0.341 e. The van der Waals surface area contributed by atoms with E-state index in [1.54, 1.807) is 11.3 Å². The van der Waals surface area contributed by atoms with E-state index in [2.05, 4.69) is 33.5 Å². The number of rotatable bonds is 6. The van der Waals surface area contributed by atoms with Gasteiger partial charge < -0.3 is 15.1 Å². The molecule has 33 heavy (non-hydrogen) atoms. The fraction of sp³-hybridized carbons (Fsp3) is 0.500. The molecule has 4 heterocycles. The zero-order valence-corrected chi connectivity index (χ0v) is 20.5. The van der Waals surface area contributed by atoms with E-state index >= 15 is 0 Å². The lowest BCUT2D eigenvalue weighted by Gasteiger charge is -2.36. The van der Waals surface area contributed by atoms with Crippen LogP contribution in [0.1, 0.15) is 48.2 Å². The summed E-state index contributed by atoms with van der Waals surface area (Å²) in [4.78, 5) is 28.4. The number of hydrogen-bond acceptors (Lipinski definition) is 6. The Morgan fingerprint density at radius 1 is 1.09 bits per heavy atom. The summed E-state index contributed by atoms with van der Waals surface area (Å²) in [5, 5.41) is 6.17. The number of aryl methyl sites for hydroxylation is 3. The molecule has 0 radical (unpaired) electrons. The number of benzene rings is 1. The van der Waals surface area contributed by atoms with Gasteiger partial charge in [-0.1, -0.05) is 0 Å². The van der Waals surface area contributed by atoms with Gasteiger partial charge in [0.05, 0.1) is 11.2 Å². The molecule has 0 aliphatic carbocycles. The highest BCUT2D eigenvalue weighted by molar-refractivity contribution is 7.10. The molecule has 0 atom stereocenters. The Balaban J connectivity index is 1.22. The number of fused-ring (bicyclic) bond motifs is 1. The Labute approximate surface area is 200 Å². The second-order valence-electron chi connectivity index (χ2n) is 9.44. The van der Waals surface area contributed by atoms with Crippen LogP contribution in [0.25, 0.3) is 10.9 Å². The summed E-state index contributed by atoms with van der Waals surface area (Å²) in [6.45, 7) is 8.69. The van der Waals surface area contributed by atoms with Crippen LogP contribution < -0.4 is 10.2 Å². The molecule has 2 aliphatic rings. The van der Waals surface area contributed by atoms with Gasteiger partial charge in [-0.3, -0.25) is 4.79 Å². The lowest BCUT2D eigenvalue weighted by Crippen LogP contribution is -2.44. The first-order valence-corrected chi connectivity index (χ1v) is 13.0. The SMILES string of the molecule is Cc1csc(CCC(=O)Nc2ccc3nc(N4CCC(N5CCCC5)CC4)nc(C)c3c2)c1. The van der Waals surface area contributed by atoms with Crippen LogP contribution >= 0.6 is 11.3 Å². The number of hydrogen-bond donors (Lipinski definition) is 1. The molecular weight excluding hydrogens is 430 g/mol. The molecule has 0 bridgehead atoms. The van der Waals surface area contributed by atoms with E-state index in [0.29, 0.717) is 6.42 Å². The summed E-state index contributed by atoms with van der Waals surface area (Å²) in [6, 6.07) is 8.83. The molecule has 1 amide bonds. The van der Waals surface area contributed by atoms with Crippen molar-refractivity contribution in [3.63, 3.8) is 0 Å². The first-order valence-electron chi connectivity index (χ1n) is 12.2. The molecule has 1 N–H and O–H groups in total. The molecule has 1 aromatic carbocycles. The zero-order valence-electron chi connectivity index (χ0n) is 19.6. The smallest absolute Gasteiger partial charge is 0.226 e. The van der Waals surface area contributed by atoms with Gasteiger partial charge in [0.2, 0.25) is 11.9 Å². The van der Waals surface area contributed by atoms with E-state index in [1.165, 1.54) is 49.2 Å². The molecule has 3 aromatic rings. The van der Waals surface area contributed by atoms with Crippen molar-refractivity contribution in [2.24, 2.45) is 0 Å². The number of carbonyl (C=O) groups excluding carboxylic acids is 1. The van der Waals surface area contributed by atoms with Crippen LogP contribution in [-0.2, 0) is 11.2 Å². The summed E-state index contributed by atoms with van der Waals surface area (Å²) in [5.41, 5.74) is 3.96. The van der Waals surface area contributed by atoms with Crippen molar-refractivity contribution in [3.8, 4) is 0 Å². The maximum Gasteiger partial charge on any atom is 0.226 e. The minimum atomic E-state index is 0.0384. The molecule has 2 fully saturated rings. The molecule has 2 aliphatic heterocycles. The van der Waals surface area contributed by atoms with E-state index in [1.807, 2.05) is 25.1 Å². The van der Waals surface area contributed by atoms with Crippen LogP contribution in [0.15, 0.2) is 29.6 Å². The molecule has 0 unspecified atom stereocenters. The Kier molecular flexibility index (Phi) is 6.60. The van der Waals surface area contributed by atoms with Crippen molar-refractivity contribution < 1.29 is 4.79 Å². The average Bonchev–Trinajstić information content (AvgIpc) is 3.50. The number of likely N-dealkylation sites (tertiary alicyclic amines) is 1. The number of piperidine rings is 1. The second kappa shape index (κ2) is 9.77. The third-order valence-corrected chi connectivity index (χ3v) is 8.06. The third-order valence-electron chi connectivity index (χ3n) is 6.95. The van der Waals surface area contributed by atoms with Crippen LogP contribution in [0, 0.1) is 13.8 Å².